The minimum Gasteiger partial charge on any atom is -0.388 e. The summed E-state index contributed by atoms with van der Waals surface area (Å²) in [6, 6.07) is 14.7. The number of aliphatic hydroxyl groups is 1. The summed E-state index contributed by atoms with van der Waals surface area (Å²) >= 11 is 11.9. The summed E-state index contributed by atoms with van der Waals surface area (Å²) in [7, 11) is 2.03. The highest BCUT2D eigenvalue weighted by Crippen LogP contribution is 2.41. The zero-order valence-electron chi connectivity index (χ0n) is 14.7. The van der Waals surface area contributed by atoms with Gasteiger partial charge < -0.3 is 10.0 Å². The second kappa shape index (κ2) is 8.53. The molecule has 0 saturated heterocycles. The maximum atomic E-state index is 12.4. The summed E-state index contributed by atoms with van der Waals surface area (Å²) in [4.78, 5) is 14.6. The number of halogens is 2. The molecule has 1 unspecified atom stereocenters. The lowest BCUT2D eigenvalue weighted by Gasteiger charge is -2.19. The van der Waals surface area contributed by atoms with E-state index in [4.69, 9.17) is 23.2 Å². The van der Waals surface area contributed by atoms with Crippen molar-refractivity contribution in [2.24, 2.45) is 11.8 Å². The molecule has 0 amide bonds. The predicted octanol–water partition coefficient (Wildman–Crippen LogP) is 4.87. The first-order chi connectivity index (χ1) is 12.5. The number of hydrogen-bond donors (Lipinski definition) is 1. The number of rotatable bonds is 8. The lowest BCUT2D eigenvalue weighted by Crippen LogP contribution is -2.24. The van der Waals surface area contributed by atoms with Gasteiger partial charge in [-0.15, -0.1) is 0 Å². The molecule has 1 fully saturated rings. The predicted molar refractivity (Wildman–Crippen MR) is 106 cm³/mol. The van der Waals surface area contributed by atoms with E-state index in [1.807, 2.05) is 37.4 Å². The van der Waals surface area contributed by atoms with Gasteiger partial charge in [-0.1, -0.05) is 59.6 Å². The Hall–Kier alpha value is -1.39. The van der Waals surface area contributed by atoms with Crippen molar-refractivity contribution >= 4 is 29.0 Å². The van der Waals surface area contributed by atoms with E-state index < -0.39 is 6.10 Å². The number of carbonyl (C=O) groups is 1. The number of aliphatic hydroxyl groups excluding tert-OH is 1. The van der Waals surface area contributed by atoms with Gasteiger partial charge in [-0.05, 0) is 43.5 Å². The number of hydrogen-bond acceptors (Lipinski definition) is 3. The molecular weight excluding hydrogens is 369 g/mol. The summed E-state index contributed by atoms with van der Waals surface area (Å²) in [6.07, 6.45) is 0.986. The molecule has 3 atom stereocenters. The van der Waals surface area contributed by atoms with Crippen LogP contribution >= 0.6 is 23.2 Å². The molecule has 1 N–H and O–H groups in total. The second-order valence-corrected chi connectivity index (χ2v) is 7.89. The van der Waals surface area contributed by atoms with Crippen molar-refractivity contribution in [3.8, 4) is 0 Å². The van der Waals surface area contributed by atoms with Gasteiger partial charge in [0, 0.05) is 24.6 Å². The molecule has 138 valence electrons. The molecule has 1 saturated carbocycles. The van der Waals surface area contributed by atoms with Crippen LogP contribution in [-0.2, 0) is 0 Å². The van der Waals surface area contributed by atoms with E-state index in [2.05, 4.69) is 4.90 Å². The first kappa shape index (κ1) is 19.4. The highest BCUT2D eigenvalue weighted by atomic mass is 35.5. The molecule has 26 heavy (non-hydrogen) atoms. The van der Waals surface area contributed by atoms with E-state index in [-0.39, 0.29) is 11.7 Å². The molecule has 2 aromatic carbocycles. The van der Waals surface area contributed by atoms with Crippen LogP contribution in [0, 0.1) is 11.8 Å². The Kier molecular flexibility index (Phi) is 6.36. The SMILES string of the molecule is CN(CCC(O)c1ccc(Cl)c(Cl)c1)C[C@H]1C[C@@H]1C(=O)c1ccccc1. The third-order valence-electron chi connectivity index (χ3n) is 4.98. The Morgan fingerprint density at radius 2 is 1.92 bits per heavy atom. The topological polar surface area (TPSA) is 40.5 Å². The van der Waals surface area contributed by atoms with Crippen molar-refractivity contribution < 1.29 is 9.90 Å². The molecular formula is C21H23Cl2NO2. The summed E-state index contributed by atoms with van der Waals surface area (Å²) in [5, 5.41) is 11.3. The highest BCUT2D eigenvalue weighted by Gasteiger charge is 2.43. The molecule has 0 aliphatic heterocycles. The Bertz CT molecular complexity index is 766. The van der Waals surface area contributed by atoms with Crippen LogP contribution in [0.5, 0.6) is 0 Å². The monoisotopic (exact) mass is 391 g/mol. The smallest absolute Gasteiger partial charge is 0.166 e. The van der Waals surface area contributed by atoms with Crippen LogP contribution in [0.4, 0.5) is 0 Å². The zero-order chi connectivity index (χ0) is 18.7. The number of nitrogens with zero attached hydrogens (tertiary/aromatic N) is 1. The molecule has 0 radical (unpaired) electrons. The van der Waals surface area contributed by atoms with Crippen molar-refractivity contribution in [1.29, 1.82) is 0 Å². The number of carbonyl (C=O) groups excluding carboxylic acids is 1. The Labute approximate surface area is 164 Å². The van der Waals surface area contributed by atoms with Gasteiger partial charge in [-0.3, -0.25) is 4.79 Å². The van der Waals surface area contributed by atoms with Crippen LogP contribution in [0.15, 0.2) is 48.5 Å². The van der Waals surface area contributed by atoms with Crippen molar-refractivity contribution in [3.05, 3.63) is 69.7 Å². The summed E-state index contributed by atoms with van der Waals surface area (Å²) in [5.41, 5.74) is 1.58. The van der Waals surface area contributed by atoms with Crippen LogP contribution in [0.3, 0.4) is 0 Å². The minimum atomic E-state index is -0.576. The number of benzene rings is 2. The standard InChI is InChI=1S/C21H23Cl2NO2/c1-24(10-9-20(25)15-7-8-18(22)19(23)12-15)13-16-11-17(16)21(26)14-5-3-2-4-6-14/h2-8,12,16-17,20,25H,9-11,13H2,1H3/t16-,17+,20?/m1/s1. The zero-order valence-corrected chi connectivity index (χ0v) is 16.2. The fourth-order valence-electron chi connectivity index (χ4n) is 3.31. The van der Waals surface area contributed by atoms with Crippen LogP contribution in [0.25, 0.3) is 0 Å². The fraction of sp³-hybridized carbons (Fsp3) is 0.381. The van der Waals surface area contributed by atoms with Crippen LogP contribution < -0.4 is 0 Å². The van der Waals surface area contributed by atoms with E-state index in [9.17, 15) is 9.90 Å². The van der Waals surface area contributed by atoms with Gasteiger partial charge in [0.1, 0.15) is 0 Å². The van der Waals surface area contributed by atoms with Crippen LogP contribution in [0.2, 0.25) is 10.0 Å². The normalized spacial score (nSPS) is 20.2. The van der Waals surface area contributed by atoms with Crippen molar-refractivity contribution in [2.75, 3.05) is 20.1 Å². The van der Waals surface area contributed by atoms with Gasteiger partial charge >= 0.3 is 0 Å². The molecule has 1 aliphatic carbocycles. The molecule has 3 nitrogen and oxygen atoms in total. The largest absolute Gasteiger partial charge is 0.388 e. The minimum absolute atomic E-state index is 0.139. The van der Waals surface area contributed by atoms with Gasteiger partial charge in [-0.25, -0.2) is 0 Å². The second-order valence-electron chi connectivity index (χ2n) is 7.07. The molecule has 0 spiro atoms. The van der Waals surface area contributed by atoms with E-state index in [1.54, 1.807) is 18.2 Å². The first-order valence-corrected chi connectivity index (χ1v) is 9.62. The van der Waals surface area contributed by atoms with Crippen LogP contribution in [-0.4, -0.2) is 35.9 Å². The Morgan fingerprint density at radius 3 is 2.62 bits per heavy atom. The van der Waals surface area contributed by atoms with E-state index in [0.29, 0.717) is 22.4 Å². The maximum absolute atomic E-state index is 12.4. The van der Waals surface area contributed by atoms with Crippen molar-refractivity contribution in [2.45, 2.75) is 18.9 Å². The molecule has 0 bridgehead atoms. The summed E-state index contributed by atoms with van der Waals surface area (Å²) in [5.74, 6) is 0.800. The number of Topliss-reactive ketones (excluding diaryl/α,β-unsaturated/α-hetero) is 1. The van der Waals surface area contributed by atoms with E-state index in [0.717, 1.165) is 30.6 Å². The third-order valence-corrected chi connectivity index (χ3v) is 5.72. The van der Waals surface area contributed by atoms with Gasteiger partial charge in [-0.2, -0.15) is 0 Å². The van der Waals surface area contributed by atoms with Gasteiger partial charge in [0.05, 0.1) is 16.1 Å². The van der Waals surface area contributed by atoms with Gasteiger partial charge in [0.25, 0.3) is 0 Å². The third kappa shape index (κ3) is 4.86. The fourth-order valence-corrected chi connectivity index (χ4v) is 3.61. The lowest BCUT2D eigenvalue weighted by molar-refractivity contribution is 0.0956. The highest BCUT2D eigenvalue weighted by molar-refractivity contribution is 6.42. The first-order valence-electron chi connectivity index (χ1n) is 8.86. The molecule has 2 aromatic rings. The Balaban J connectivity index is 1.44. The van der Waals surface area contributed by atoms with E-state index in [1.165, 1.54) is 0 Å². The van der Waals surface area contributed by atoms with Crippen molar-refractivity contribution in [1.82, 2.24) is 4.90 Å². The average Bonchev–Trinajstić information content (AvgIpc) is 3.41. The molecule has 1 aliphatic rings. The maximum Gasteiger partial charge on any atom is 0.166 e. The lowest BCUT2D eigenvalue weighted by atomic mass is 10.1. The van der Waals surface area contributed by atoms with Crippen LogP contribution in [0.1, 0.15) is 34.9 Å². The Morgan fingerprint density at radius 1 is 1.19 bits per heavy atom. The molecule has 5 heteroatoms. The number of ketones is 1. The van der Waals surface area contributed by atoms with E-state index >= 15 is 0 Å². The van der Waals surface area contributed by atoms with Gasteiger partial charge in [0.2, 0.25) is 0 Å². The quantitative estimate of drug-likeness (QED) is 0.652. The van der Waals surface area contributed by atoms with Crippen molar-refractivity contribution in [3.63, 3.8) is 0 Å². The molecule has 0 heterocycles. The summed E-state index contributed by atoms with van der Waals surface area (Å²) in [6.45, 7) is 1.63. The summed E-state index contributed by atoms with van der Waals surface area (Å²) < 4.78 is 0. The molecule has 0 aromatic heterocycles. The van der Waals surface area contributed by atoms with Gasteiger partial charge in [0.15, 0.2) is 5.78 Å². The molecule has 3 rings (SSSR count). The average molecular weight is 392 g/mol.